The first kappa shape index (κ1) is 18.0. The monoisotopic (exact) mass is 362 g/mol. The van der Waals surface area contributed by atoms with Gasteiger partial charge >= 0.3 is 11.8 Å². The highest BCUT2D eigenvalue weighted by Crippen LogP contribution is 2.11. The molecular formula is C17H22N4O5. The van der Waals surface area contributed by atoms with Crippen LogP contribution in [0, 0.1) is 0 Å². The van der Waals surface area contributed by atoms with Gasteiger partial charge in [0.05, 0.1) is 12.6 Å². The lowest BCUT2D eigenvalue weighted by Gasteiger charge is -2.33. The Morgan fingerprint density at radius 3 is 2.65 bits per heavy atom. The second-order valence-electron chi connectivity index (χ2n) is 6.07. The summed E-state index contributed by atoms with van der Waals surface area (Å²) in [5.74, 6) is -0.785. The van der Waals surface area contributed by atoms with Crippen LogP contribution in [0.25, 0.3) is 11.1 Å². The summed E-state index contributed by atoms with van der Waals surface area (Å²) in [5, 5.41) is 2.82. The predicted octanol–water partition coefficient (Wildman–Crippen LogP) is 0.0947. The molecule has 3 rings (SSSR count). The number of hydrogen-bond donors (Lipinski definition) is 1. The molecule has 0 bridgehead atoms. The predicted molar refractivity (Wildman–Crippen MR) is 93.9 cm³/mol. The van der Waals surface area contributed by atoms with Gasteiger partial charge in [-0.3, -0.25) is 14.3 Å². The first-order chi connectivity index (χ1) is 12.6. The van der Waals surface area contributed by atoms with Gasteiger partial charge in [0.15, 0.2) is 5.58 Å². The van der Waals surface area contributed by atoms with E-state index in [4.69, 9.17) is 9.15 Å². The summed E-state index contributed by atoms with van der Waals surface area (Å²) in [7, 11) is 1.37. The first-order valence-electron chi connectivity index (χ1n) is 8.49. The minimum atomic E-state index is -0.541. The molecule has 2 amide bonds. The Kier molecular flexibility index (Phi) is 5.57. The number of para-hydroxylation sites is 2. The van der Waals surface area contributed by atoms with Crippen molar-refractivity contribution in [1.82, 2.24) is 19.7 Å². The van der Waals surface area contributed by atoms with Gasteiger partial charge in [0.1, 0.15) is 6.54 Å². The Bertz CT molecular complexity index is 835. The van der Waals surface area contributed by atoms with E-state index in [9.17, 15) is 14.4 Å². The molecule has 140 valence electrons. The fourth-order valence-corrected chi connectivity index (χ4v) is 3.00. The van der Waals surface area contributed by atoms with Crippen LogP contribution >= 0.6 is 0 Å². The van der Waals surface area contributed by atoms with Crippen LogP contribution in [0.2, 0.25) is 0 Å². The van der Waals surface area contributed by atoms with Crippen molar-refractivity contribution in [2.24, 2.45) is 0 Å². The Balaban J connectivity index is 1.44. The second kappa shape index (κ2) is 8.05. The van der Waals surface area contributed by atoms with Crippen LogP contribution in [-0.2, 0) is 16.1 Å². The van der Waals surface area contributed by atoms with E-state index < -0.39 is 5.76 Å². The highest BCUT2D eigenvalue weighted by molar-refractivity contribution is 5.79. The molecule has 1 N–H and O–H groups in total. The molecule has 2 aromatic rings. The molecule has 0 unspecified atom stereocenters. The summed E-state index contributed by atoms with van der Waals surface area (Å²) >= 11 is 0. The molecule has 1 aromatic carbocycles. The Morgan fingerprint density at radius 1 is 1.19 bits per heavy atom. The number of amides is 2. The maximum Gasteiger partial charge on any atom is 0.420 e. The van der Waals surface area contributed by atoms with E-state index in [1.165, 1.54) is 11.7 Å². The quantitative estimate of drug-likeness (QED) is 0.810. The summed E-state index contributed by atoms with van der Waals surface area (Å²) < 4.78 is 11.1. The van der Waals surface area contributed by atoms with E-state index in [-0.39, 0.29) is 18.5 Å². The van der Waals surface area contributed by atoms with Gasteiger partial charge in [-0.2, -0.15) is 0 Å². The third-order valence-corrected chi connectivity index (χ3v) is 4.43. The number of nitrogens with one attached hydrogen (secondary N) is 1. The van der Waals surface area contributed by atoms with Gasteiger partial charge < -0.3 is 19.4 Å². The molecule has 0 saturated carbocycles. The number of piperazine rings is 1. The van der Waals surface area contributed by atoms with Crippen molar-refractivity contribution in [3.8, 4) is 0 Å². The fourth-order valence-electron chi connectivity index (χ4n) is 3.00. The first-order valence-corrected chi connectivity index (χ1v) is 8.49. The normalized spacial score (nSPS) is 15.2. The molecule has 0 aliphatic carbocycles. The lowest BCUT2D eigenvalue weighted by molar-refractivity contribution is -0.121. The van der Waals surface area contributed by atoms with Gasteiger partial charge in [-0.15, -0.1) is 0 Å². The highest BCUT2D eigenvalue weighted by Gasteiger charge is 2.21. The summed E-state index contributed by atoms with van der Waals surface area (Å²) in [6, 6.07) is 7.00. The minimum absolute atomic E-state index is 0.0774. The van der Waals surface area contributed by atoms with E-state index in [0.717, 1.165) is 13.1 Å². The molecule has 0 radical (unpaired) electrons. The lowest BCUT2D eigenvalue weighted by atomic mass is 10.3. The molecule has 9 nitrogen and oxygen atoms in total. The van der Waals surface area contributed by atoms with Gasteiger partial charge in [0.25, 0.3) is 0 Å². The molecule has 0 spiro atoms. The van der Waals surface area contributed by atoms with E-state index in [0.29, 0.717) is 37.3 Å². The number of methoxy groups -OCH3 is 1. The summed E-state index contributed by atoms with van der Waals surface area (Å²) in [6.45, 7) is 3.76. The molecule has 1 saturated heterocycles. The van der Waals surface area contributed by atoms with Crippen LogP contribution in [0.5, 0.6) is 0 Å². The van der Waals surface area contributed by atoms with Crippen molar-refractivity contribution in [1.29, 1.82) is 0 Å². The fraction of sp³-hybridized carbons (Fsp3) is 0.471. The summed E-state index contributed by atoms with van der Waals surface area (Å²) in [4.78, 5) is 39.3. The standard InChI is InChI=1S/C17H22N4O5/c1-25-16(23)20-10-8-19(9-11-20)7-6-18-15(22)12-21-13-4-2-3-5-14(13)26-17(21)24/h2-5H,6-12H2,1H3,(H,18,22). The second-order valence-corrected chi connectivity index (χ2v) is 6.07. The number of ether oxygens (including phenoxy) is 1. The highest BCUT2D eigenvalue weighted by atomic mass is 16.5. The van der Waals surface area contributed by atoms with E-state index >= 15 is 0 Å². The van der Waals surface area contributed by atoms with Crippen molar-refractivity contribution < 1.29 is 18.7 Å². The van der Waals surface area contributed by atoms with Crippen molar-refractivity contribution in [3.63, 3.8) is 0 Å². The number of rotatable bonds is 5. The SMILES string of the molecule is COC(=O)N1CCN(CCNC(=O)Cn2c(=O)oc3ccccc32)CC1. The van der Waals surface area contributed by atoms with Gasteiger partial charge in [-0.25, -0.2) is 9.59 Å². The Morgan fingerprint density at radius 2 is 1.92 bits per heavy atom. The average molecular weight is 362 g/mol. The van der Waals surface area contributed by atoms with Crippen LogP contribution in [0.1, 0.15) is 0 Å². The minimum Gasteiger partial charge on any atom is -0.453 e. The number of benzene rings is 1. The third-order valence-electron chi connectivity index (χ3n) is 4.43. The molecule has 1 fully saturated rings. The zero-order chi connectivity index (χ0) is 18.5. The molecule has 2 heterocycles. The largest absolute Gasteiger partial charge is 0.453 e. The number of aromatic nitrogens is 1. The van der Waals surface area contributed by atoms with Crippen LogP contribution in [0.3, 0.4) is 0 Å². The van der Waals surface area contributed by atoms with Crippen LogP contribution < -0.4 is 11.1 Å². The maximum absolute atomic E-state index is 12.1. The van der Waals surface area contributed by atoms with Crippen LogP contribution in [0.15, 0.2) is 33.5 Å². The zero-order valence-corrected chi connectivity index (χ0v) is 14.6. The number of nitrogens with zero attached hydrogens (tertiary/aromatic N) is 3. The van der Waals surface area contributed by atoms with Gasteiger partial charge in [0, 0.05) is 39.3 Å². The summed E-state index contributed by atoms with van der Waals surface area (Å²) in [5.41, 5.74) is 1.07. The smallest absolute Gasteiger partial charge is 0.420 e. The molecule has 1 aromatic heterocycles. The van der Waals surface area contributed by atoms with Gasteiger partial charge in [-0.1, -0.05) is 12.1 Å². The zero-order valence-electron chi connectivity index (χ0n) is 14.6. The third kappa shape index (κ3) is 4.05. The lowest BCUT2D eigenvalue weighted by Crippen LogP contribution is -2.50. The van der Waals surface area contributed by atoms with Gasteiger partial charge in [0.2, 0.25) is 5.91 Å². The molecule has 1 aliphatic heterocycles. The summed E-state index contributed by atoms with van der Waals surface area (Å²) in [6.07, 6.45) is -0.310. The van der Waals surface area contributed by atoms with E-state index in [2.05, 4.69) is 10.2 Å². The van der Waals surface area contributed by atoms with E-state index in [1.807, 2.05) is 0 Å². The van der Waals surface area contributed by atoms with Crippen LogP contribution in [0.4, 0.5) is 4.79 Å². The Hall–Kier alpha value is -2.81. The molecule has 9 heteroatoms. The molecule has 0 atom stereocenters. The topological polar surface area (TPSA) is 97.0 Å². The Labute approximate surface area is 150 Å². The molecule has 26 heavy (non-hydrogen) atoms. The van der Waals surface area contributed by atoms with Crippen molar-refractivity contribution >= 4 is 23.1 Å². The van der Waals surface area contributed by atoms with E-state index in [1.54, 1.807) is 29.2 Å². The molecular weight excluding hydrogens is 340 g/mol. The maximum atomic E-state index is 12.1. The number of oxazole rings is 1. The number of carbonyl (C=O) groups is 2. The van der Waals surface area contributed by atoms with Crippen molar-refractivity contribution in [2.75, 3.05) is 46.4 Å². The number of carbonyl (C=O) groups excluding carboxylic acids is 2. The van der Waals surface area contributed by atoms with Crippen LogP contribution in [-0.4, -0.2) is 72.7 Å². The average Bonchev–Trinajstić information content (AvgIpc) is 2.97. The van der Waals surface area contributed by atoms with Crippen molar-refractivity contribution in [2.45, 2.75) is 6.54 Å². The molecule has 1 aliphatic rings. The number of fused-ring (bicyclic) bond motifs is 1. The number of hydrogen-bond acceptors (Lipinski definition) is 6. The van der Waals surface area contributed by atoms with Gasteiger partial charge in [-0.05, 0) is 12.1 Å². The van der Waals surface area contributed by atoms with Crippen molar-refractivity contribution in [3.05, 3.63) is 34.8 Å².